The van der Waals surface area contributed by atoms with Crippen LogP contribution in [0.5, 0.6) is 0 Å². The van der Waals surface area contributed by atoms with Crippen LogP contribution in [0, 0.1) is 5.82 Å². The van der Waals surface area contributed by atoms with Crippen molar-refractivity contribution in [1.29, 1.82) is 0 Å². The summed E-state index contributed by atoms with van der Waals surface area (Å²) in [5.74, 6) is -1.26. The van der Waals surface area contributed by atoms with Gasteiger partial charge in [-0.25, -0.2) is 4.39 Å². The van der Waals surface area contributed by atoms with Crippen LogP contribution >= 0.6 is 11.6 Å². The van der Waals surface area contributed by atoms with Crippen molar-refractivity contribution in [3.8, 4) is 0 Å². The first kappa shape index (κ1) is 16.5. The first-order valence-corrected chi connectivity index (χ1v) is 8.02. The summed E-state index contributed by atoms with van der Waals surface area (Å²) in [6.07, 6.45) is 0.809. The van der Waals surface area contributed by atoms with Crippen molar-refractivity contribution in [2.45, 2.75) is 24.9 Å². The fourth-order valence-electron chi connectivity index (χ4n) is 2.85. The van der Waals surface area contributed by atoms with E-state index in [1.54, 1.807) is 0 Å². The molecule has 0 spiro atoms. The van der Waals surface area contributed by atoms with E-state index in [1.807, 2.05) is 30.3 Å². The first-order chi connectivity index (χ1) is 11.5. The molecule has 2 N–H and O–H groups in total. The Hall–Kier alpha value is -2.40. The largest absolute Gasteiger partial charge is 0.347 e. The summed E-state index contributed by atoms with van der Waals surface area (Å²) in [7, 11) is 0. The molecule has 24 heavy (non-hydrogen) atoms. The summed E-state index contributed by atoms with van der Waals surface area (Å²) in [6, 6.07) is 12.7. The Morgan fingerprint density at radius 3 is 2.67 bits per heavy atom. The lowest BCUT2D eigenvalue weighted by molar-refractivity contribution is -0.123. The van der Waals surface area contributed by atoms with Gasteiger partial charge in [0.1, 0.15) is 5.82 Å². The van der Waals surface area contributed by atoms with E-state index in [2.05, 4.69) is 10.6 Å². The van der Waals surface area contributed by atoms with Crippen molar-refractivity contribution < 1.29 is 14.0 Å². The SMILES string of the molecule is O=C1CC[C@@H](NC(=O)c2ccc(Cl)cc2F)[C@H](c2ccccc2)N1. The molecule has 1 aliphatic heterocycles. The van der Waals surface area contributed by atoms with Gasteiger partial charge in [0.15, 0.2) is 0 Å². The molecular formula is C18H16ClFN2O2. The van der Waals surface area contributed by atoms with Crippen LogP contribution in [0.15, 0.2) is 48.5 Å². The summed E-state index contributed by atoms with van der Waals surface area (Å²) in [5, 5.41) is 5.96. The van der Waals surface area contributed by atoms with E-state index in [9.17, 15) is 14.0 Å². The number of hydrogen-bond acceptors (Lipinski definition) is 2. The fraction of sp³-hybridized carbons (Fsp3) is 0.222. The Balaban J connectivity index is 1.81. The molecule has 0 bridgehead atoms. The van der Waals surface area contributed by atoms with E-state index in [0.717, 1.165) is 11.6 Å². The molecule has 2 aromatic rings. The molecule has 0 aromatic heterocycles. The summed E-state index contributed by atoms with van der Waals surface area (Å²) >= 11 is 5.71. The van der Waals surface area contributed by atoms with E-state index in [0.29, 0.717) is 12.8 Å². The Kier molecular flexibility index (Phi) is 4.81. The Morgan fingerprint density at radius 1 is 1.21 bits per heavy atom. The van der Waals surface area contributed by atoms with Gasteiger partial charge in [0.25, 0.3) is 5.91 Å². The molecule has 1 heterocycles. The zero-order valence-electron chi connectivity index (χ0n) is 12.8. The normalized spacial score (nSPS) is 20.3. The molecule has 1 saturated heterocycles. The minimum atomic E-state index is -0.670. The van der Waals surface area contributed by atoms with Gasteiger partial charge in [-0.2, -0.15) is 0 Å². The predicted octanol–water partition coefficient (Wildman–Crippen LogP) is 3.23. The van der Waals surface area contributed by atoms with Crippen LogP contribution in [0.2, 0.25) is 5.02 Å². The second-order valence-corrected chi connectivity index (χ2v) is 6.14. The number of carbonyl (C=O) groups excluding carboxylic acids is 2. The van der Waals surface area contributed by atoms with E-state index >= 15 is 0 Å². The highest BCUT2D eigenvalue weighted by Crippen LogP contribution is 2.25. The molecular weight excluding hydrogens is 331 g/mol. The molecule has 2 aromatic carbocycles. The molecule has 6 heteroatoms. The van der Waals surface area contributed by atoms with Gasteiger partial charge in [-0.15, -0.1) is 0 Å². The predicted molar refractivity (Wildman–Crippen MR) is 89.2 cm³/mol. The standard InChI is InChI=1S/C18H16ClFN2O2/c19-12-6-7-13(14(20)10-12)18(24)21-15-8-9-16(23)22-17(15)11-4-2-1-3-5-11/h1-7,10,15,17H,8-9H2,(H,21,24)(H,22,23)/t15-,17+/m1/s1. The second kappa shape index (κ2) is 7.01. The number of nitrogens with one attached hydrogen (secondary N) is 2. The van der Waals surface area contributed by atoms with E-state index in [-0.39, 0.29) is 28.6 Å². The van der Waals surface area contributed by atoms with Crippen LogP contribution in [0.25, 0.3) is 0 Å². The van der Waals surface area contributed by atoms with Crippen molar-refractivity contribution in [1.82, 2.24) is 10.6 Å². The molecule has 0 aliphatic carbocycles. The third-order valence-electron chi connectivity index (χ3n) is 4.05. The first-order valence-electron chi connectivity index (χ1n) is 7.65. The van der Waals surface area contributed by atoms with Gasteiger partial charge in [-0.1, -0.05) is 41.9 Å². The van der Waals surface area contributed by atoms with Gasteiger partial charge >= 0.3 is 0 Å². The van der Waals surface area contributed by atoms with Gasteiger partial charge in [0.2, 0.25) is 5.91 Å². The Morgan fingerprint density at radius 2 is 1.96 bits per heavy atom. The summed E-state index contributed by atoms with van der Waals surface area (Å²) in [4.78, 5) is 24.1. The van der Waals surface area contributed by atoms with Crippen LogP contribution < -0.4 is 10.6 Å². The number of carbonyl (C=O) groups is 2. The molecule has 1 aliphatic rings. The van der Waals surface area contributed by atoms with Gasteiger partial charge in [-0.05, 0) is 30.2 Å². The van der Waals surface area contributed by atoms with Crippen LogP contribution in [0.3, 0.4) is 0 Å². The number of piperidine rings is 1. The van der Waals surface area contributed by atoms with Gasteiger partial charge < -0.3 is 10.6 Å². The minimum absolute atomic E-state index is 0.0629. The summed E-state index contributed by atoms with van der Waals surface area (Å²) < 4.78 is 13.9. The zero-order valence-corrected chi connectivity index (χ0v) is 13.5. The minimum Gasteiger partial charge on any atom is -0.347 e. The topological polar surface area (TPSA) is 58.2 Å². The number of rotatable bonds is 3. The lowest BCUT2D eigenvalue weighted by Gasteiger charge is -2.33. The molecule has 0 saturated carbocycles. The Labute approximate surface area is 144 Å². The highest BCUT2D eigenvalue weighted by atomic mass is 35.5. The molecule has 0 radical (unpaired) electrons. The molecule has 1 fully saturated rings. The second-order valence-electron chi connectivity index (χ2n) is 5.70. The molecule has 4 nitrogen and oxygen atoms in total. The molecule has 2 atom stereocenters. The van der Waals surface area contributed by atoms with Crippen LogP contribution in [0.4, 0.5) is 4.39 Å². The maximum atomic E-state index is 13.9. The lowest BCUT2D eigenvalue weighted by atomic mass is 9.91. The van der Waals surface area contributed by atoms with Crippen molar-refractivity contribution in [3.63, 3.8) is 0 Å². The van der Waals surface area contributed by atoms with Crippen LogP contribution in [-0.2, 0) is 4.79 Å². The van der Waals surface area contributed by atoms with Gasteiger partial charge in [0.05, 0.1) is 17.6 Å². The average Bonchev–Trinajstić information content (AvgIpc) is 2.57. The molecule has 2 amide bonds. The smallest absolute Gasteiger partial charge is 0.254 e. The van der Waals surface area contributed by atoms with Crippen LogP contribution in [0.1, 0.15) is 34.8 Å². The van der Waals surface area contributed by atoms with Gasteiger partial charge in [-0.3, -0.25) is 9.59 Å². The highest BCUT2D eigenvalue weighted by Gasteiger charge is 2.31. The molecule has 3 rings (SSSR count). The summed E-state index contributed by atoms with van der Waals surface area (Å²) in [6.45, 7) is 0. The quantitative estimate of drug-likeness (QED) is 0.896. The number of amides is 2. The Bertz CT molecular complexity index is 767. The van der Waals surface area contributed by atoms with E-state index < -0.39 is 11.7 Å². The molecule has 0 unspecified atom stereocenters. The molecule has 124 valence electrons. The van der Waals surface area contributed by atoms with Crippen molar-refractivity contribution in [2.24, 2.45) is 0 Å². The van der Waals surface area contributed by atoms with E-state index in [4.69, 9.17) is 11.6 Å². The zero-order chi connectivity index (χ0) is 17.1. The monoisotopic (exact) mass is 346 g/mol. The van der Waals surface area contributed by atoms with Crippen molar-refractivity contribution in [3.05, 3.63) is 70.5 Å². The van der Waals surface area contributed by atoms with E-state index in [1.165, 1.54) is 12.1 Å². The maximum absolute atomic E-state index is 13.9. The number of hydrogen-bond donors (Lipinski definition) is 2. The summed E-state index contributed by atoms with van der Waals surface area (Å²) in [5.41, 5.74) is 0.829. The lowest BCUT2D eigenvalue weighted by Crippen LogP contribution is -2.50. The van der Waals surface area contributed by atoms with Gasteiger partial charge in [0, 0.05) is 11.4 Å². The van der Waals surface area contributed by atoms with Crippen LogP contribution in [-0.4, -0.2) is 17.9 Å². The highest BCUT2D eigenvalue weighted by molar-refractivity contribution is 6.30. The third kappa shape index (κ3) is 3.57. The number of halogens is 2. The van der Waals surface area contributed by atoms with Crippen molar-refractivity contribution in [2.75, 3.05) is 0 Å². The fourth-order valence-corrected chi connectivity index (χ4v) is 3.01. The van der Waals surface area contributed by atoms with Crippen molar-refractivity contribution >= 4 is 23.4 Å². The maximum Gasteiger partial charge on any atom is 0.254 e. The third-order valence-corrected chi connectivity index (χ3v) is 4.29. The average molecular weight is 347 g/mol. The number of benzene rings is 2.